The lowest BCUT2D eigenvalue weighted by atomic mass is 9.83. The third-order valence-electron chi connectivity index (χ3n) is 3.90. The Morgan fingerprint density at radius 1 is 0.800 bits per heavy atom. The molecule has 0 atom stereocenters. The highest BCUT2D eigenvalue weighted by Crippen LogP contribution is 2.44. The number of hydrogen-bond acceptors (Lipinski definition) is 4. The average molecular weight is 452 g/mol. The van der Waals surface area contributed by atoms with Crippen molar-refractivity contribution in [3.05, 3.63) is 41.0 Å². The molecule has 0 bridgehead atoms. The molecule has 0 aliphatic rings. The van der Waals surface area contributed by atoms with E-state index >= 15 is 0 Å². The van der Waals surface area contributed by atoms with Crippen LogP contribution >= 0.6 is 0 Å². The van der Waals surface area contributed by atoms with Gasteiger partial charge >= 0.3 is 30.5 Å². The molecule has 1 aromatic rings. The zero-order chi connectivity index (χ0) is 23.5. The van der Waals surface area contributed by atoms with Crippen molar-refractivity contribution in [2.75, 3.05) is 14.2 Å². The molecule has 0 radical (unpaired) electrons. The molecule has 4 nitrogen and oxygen atoms in total. The van der Waals surface area contributed by atoms with Gasteiger partial charge in [0, 0.05) is 6.42 Å². The number of esters is 2. The first-order valence-corrected chi connectivity index (χ1v) is 7.70. The van der Waals surface area contributed by atoms with Crippen molar-refractivity contribution in [2.24, 2.45) is 5.41 Å². The second-order valence-electron chi connectivity index (χ2n) is 5.83. The van der Waals surface area contributed by atoms with Crippen LogP contribution in [0.15, 0.2) is 24.3 Å². The highest BCUT2D eigenvalue weighted by molar-refractivity contribution is 6.01. The summed E-state index contributed by atoms with van der Waals surface area (Å²) in [5.41, 5.74) is -8.01. The number of allylic oxidation sites excluding steroid dienone is 1. The third-order valence-corrected chi connectivity index (χ3v) is 3.90. The minimum Gasteiger partial charge on any atom is -0.468 e. The number of carbonyl (C=O) groups is 2. The number of hydrogen-bond donors (Lipinski definition) is 0. The van der Waals surface area contributed by atoms with Gasteiger partial charge in [-0.1, -0.05) is 12.2 Å². The van der Waals surface area contributed by atoms with Crippen molar-refractivity contribution in [1.29, 1.82) is 0 Å². The molecule has 168 valence electrons. The van der Waals surface area contributed by atoms with Crippen molar-refractivity contribution in [2.45, 2.75) is 24.9 Å². The standard InChI is InChI=1S/C17H13F9O4/c1-29-12(27)14(13(28)30-2,17(24,25)26)5-3-4-9-6-10(15(18,19)20)8-11(7-9)16(21,22)23/h3-4,6-8H,5H2,1-2H3/b4-3+. The maximum absolute atomic E-state index is 13.5. The van der Waals surface area contributed by atoms with E-state index in [0.717, 1.165) is 0 Å². The number of ether oxygens (including phenoxy) is 2. The lowest BCUT2D eigenvalue weighted by Gasteiger charge is -2.29. The van der Waals surface area contributed by atoms with Crippen molar-refractivity contribution in [3.63, 3.8) is 0 Å². The summed E-state index contributed by atoms with van der Waals surface area (Å²) in [4.78, 5) is 23.4. The van der Waals surface area contributed by atoms with E-state index in [1.807, 2.05) is 0 Å². The van der Waals surface area contributed by atoms with Crippen LogP contribution in [0.4, 0.5) is 39.5 Å². The Balaban J connectivity index is 3.48. The molecule has 0 saturated carbocycles. The zero-order valence-corrected chi connectivity index (χ0v) is 15.1. The minimum atomic E-state index is -5.54. The van der Waals surface area contributed by atoms with Gasteiger partial charge in [-0.05, 0) is 23.8 Å². The van der Waals surface area contributed by atoms with Crippen LogP contribution in [0.25, 0.3) is 6.08 Å². The summed E-state index contributed by atoms with van der Waals surface area (Å²) >= 11 is 0. The number of methoxy groups -OCH3 is 2. The molecule has 0 aromatic heterocycles. The lowest BCUT2D eigenvalue weighted by molar-refractivity contribution is -0.237. The van der Waals surface area contributed by atoms with E-state index in [4.69, 9.17) is 0 Å². The summed E-state index contributed by atoms with van der Waals surface area (Å²) in [5, 5.41) is 0. The van der Waals surface area contributed by atoms with Gasteiger partial charge in [-0.25, -0.2) is 0 Å². The molecule has 0 aliphatic carbocycles. The van der Waals surface area contributed by atoms with Crippen molar-refractivity contribution >= 4 is 18.0 Å². The third kappa shape index (κ3) is 5.25. The van der Waals surface area contributed by atoms with E-state index in [2.05, 4.69) is 9.47 Å². The predicted octanol–water partition coefficient (Wildman–Crippen LogP) is 5.02. The van der Waals surface area contributed by atoms with Crippen LogP contribution in [0.2, 0.25) is 0 Å². The highest BCUT2D eigenvalue weighted by atomic mass is 19.4. The topological polar surface area (TPSA) is 52.6 Å². The molecule has 0 heterocycles. The Kier molecular flexibility index (Phi) is 7.22. The maximum Gasteiger partial charge on any atom is 0.416 e. The summed E-state index contributed by atoms with van der Waals surface area (Å²) < 4.78 is 126. The Morgan fingerprint density at radius 2 is 1.20 bits per heavy atom. The van der Waals surface area contributed by atoms with Crippen LogP contribution in [0, 0.1) is 5.41 Å². The van der Waals surface area contributed by atoms with Gasteiger partial charge in [-0.3, -0.25) is 9.59 Å². The summed E-state index contributed by atoms with van der Waals surface area (Å²) in [6.45, 7) is 0. The van der Waals surface area contributed by atoms with E-state index in [0.29, 0.717) is 26.4 Å². The normalized spacial score (nSPS) is 13.4. The highest BCUT2D eigenvalue weighted by Gasteiger charge is 2.67. The van der Waals surface area contributed by atoms with Crippen LogP contribution in [-0.4, -0.2) is 32.3 Å². The number of carbonyl (C=O) groups excluding carboxylic acids is 2. The quantitative estimate of drug-likeness (QED) is 0.358. The molecule has 0 aliphatic heterocycles. The first-order chi connectivity index (χ1) is 13.5. The number of rotatable bonds is 5. The van der Waals surface area contributed by atoms with Crippen LogP contribution in [-0.2, 0) is 31.4 Å². The molecule has 13 heteroatoms. The fraction of sp³-hybridized carbons (Fsp3) is 0.412. The predicted molar refractivity (Wildman–Crippen MR) is 82.6 cm³/mol. The van der Waals surface area contributed by atoms with Crippen LogP contribution in [0.5, 0.6) is 0 Å². The van der Waals surface area contributed by atoms with Gasteiger partial charge < -0.3 is 9.47 Å². The second-order valence-corrected chi connectivity index (χ2v) is 5.83. The minimum absolute atomic E-state index is 0.166. The van der Waals surface area contributed by atoms with Gasteiger partial charge in [0.05, 0.1) is 25.3 Å². The zero-order valence-electron chi connectivity index (χ0n) is 15.1. The van der Waals surface area contributed by atoms with Gasteiger partial charge in [0.2, 0.25) is 0 Å². The Morgan fingerprint density at radius 3 is 1.50 bits per heavy atom. The van der Waals surface area contributed by atoms with Gasteiger partial charge in [-0.2, -0.15) is 39.5 Å². The lowest BCUT2D eigenvalue weighted by Crippen LogP contribution is -2.52. The molecule has 0 spiro atoms. The first kappa shape index (κ1) is 25.3. The molecular formula is C17H13F9O4. The van der Waals surface area contributed by atoms with E-state index < -0.39 is 59.0 Å². The molecule has 0 amide bonds. The van der Waals surface area contributed by atoms with E-state index in [1.54, 1.807) is 0 Å². The van der Waals surface area contributed by atoms with Gasteiger partial charge in [0.1, 0.15) is 0 Å². The number of halogens is 9. The summed E-state index contributed by atoms with van der Waals surface area (Å²) in [5.74, 6) is -4.13. The molecular weight excluding hydrogens is 439 g/mol. The SMILES string of the molecule is COC(=O)C(C/C=C/c1cc(C(F)(F)F)cc(C(F)(F)F)c1)(C(=O)OC)C(F)(F)F. The van der Waals surface area contributed by atoms with E-state index in [1.165, 1.54) is 0 Å². The van der Waals surface area contributed by atoms with Crippen molar-refractivity contribution in [1.82, 2.24) is 0 Å². The number of benzene rings is 1. The smallest absolute Gasteiger partial charge is 0.416 e. The summed E-state index contributed by atoms with van der Waals surface area (Å²) in [6, 6.07) is 0.356. The second kappa shape index (κ2) is 8.56. The Hall–Kier alpha value is -2.73. The molecule has 0 saturated heterocycles. The Bertz CT molecular complexity index is 772. The van der Waals surface area contributed by atoms with Gasteiger partial charge in [0.25, 0.3) is 5.41 Å². The van der Waals surface area contributed by atoms with Crippen LogP contribution < -0.4 is 0 Å². The Labute approximate surface area is 163 Å². The fourth-order valence-electron chi connectivity index (χ4n) is 2.39. The summed E-state index contributed by atoms with van der Waals surface area (Å²) in [6.07, 6.45) is -16.5. The average Bonchev–Trinajstić information content (AvgIpc) is 2.61. The van der Waals surface area contributed by atoms with Crippen LogP contribution in [0.1, 0.15) is 23.1 Å². The molecule has 0 N–H and O–H groups in total. The first-order valence-electron chi connectivity index (χ1n) is 7.70. The van der Waals surface area contributed by atoms with E-state index in [9.17, 15) is 49.1 Å². The van der Waals surface area contributed by atoms with Crippen molar-refractivity contribution < 1.29 is 58.6 Å². The maximum atomic E-state index is 13.5. The van der Waals surface area contributed by atoms with Gasteiger partial charge in [-0.15, -0.1) is 0 Å². The van der Waals surface area contributed by atoms with Crippen molar-refractivity contribution in [3.8, 4) is 0 Å². The fourth-order valence-corrected chi connectivity index (χ4v) is 2.39. The van der Waals surface area contributed by atoms with E-state index in [-0.39, 0.29) is 18.2 Å². The molecule has 0 unspecified atom stereocenters. The summed E-state index contributed by atoms with van der Waals surface area (Å²) in [7, 11) is 1.11. The molecule has 0 fully saturated rings. The largest absolute Gasteiger partial charge is 0.468 e. The molecule has 30 heavy (non-hydrogen) atoms. The monoisotopic (exact) mass is 452 g/mol. The molecule has 1 aromatic carbocycles. The number of alkyl halides is 9. The molecule has 1 rings (SSSR count). The van der Waals surface area contributed by atoms with Crippen LogP contribution in [0.3, 0.4) is 0 Å². The van der Waals surface area contributed by atoms with Gasteiger partial charge in [0.15, 0.2) is 0 Å².